The van der Waals surface area contributed by atoms with Crippen molar-refractivity contribution in [3.8, 4) is 0 Å². The number of furan rings is 1. The molecule has 0 bridgehead atoms. The van der Waals surface area contributed by atoms with E-state index in [0.717, 1.165) is 114 Å². The van der Waals surface area contributed by atoms with Crippen LogP contribution in [0.3, 0.4) is 0 Å². The van der Waals surface area contributed by atoms with Gasteiger partial charge in [-0.2, -0.15) is 13.2 Å². The van der Waals surface area contributed by atoms with Crippen LogP contribution in [-0.2, 0) is 22.4 Å². The van der Waals surface area contributed by atoms with Crippen molar-refractivity contribution in [1.29, 1.82) is 0 Å². The number of nitrogens with zero attached hydrogens (tertiary/aromatic N) is 3. The molecule has 270 valence electrons. The van der Waals surface area contributed by atoms with Crippen LogP contribution in [-0.4, -0.2) is 94.9 Å². The number of fused-ring (bicyclic) bond motifs is 1. The Hall–Kier alpha value is -2.76. The fourth-order valence-corrected chi connectivity index (χ4v) is 8.82. The molecule has 6 rings (SSSR count). The van der Waals surface area contributed by atoms with Gasteiger partial charge >= 0.3 is 18.2 Å². The number of alkyl halides is 3. The summed E-state index contributed by atoms with van der Waals surface area (Å²) in [5.41, 5.74) is 1.74. The van der Waals surface area contributed by atoms with Gasteiger partial charge in [0.15, 0.2) is 0 Å². The number of carboxylic acids is 1. The average molecular weight is 682 g/mol. The molecule has 0 aromatic carbocycles. The monoisotopic (exact) mass is 681 g/mol. The smallest absolute Gasteiger partial charge is 0.475 e. The highest BCUT2D eigenvalue weighted by Gasteiger charge is 2.50. The van der Waals surface area contributed by atoms with E-state index in [4.69, 9.17) is 19.1 Å². The van der Waals surface area contributed by atoms with Crippen LogP contribution in [0.5, 0.6) is 0 Å². The average Bonchev–Trinajstić information content (AvgIpc) is 3.41. The van der Waals surface area contributed by atoms with Crippen molar-refractivity contribution < 1.29 is 41.8 Å². The second kappa shape index (κ2) is 15.9. The highest BCUT2D eigenvalue weighted by atomic mass is 19.4. The lowest BCUT2D eigenvalue weighted by Crippen LogP contribution is -2.61. The normalized spacial score (nSPS) is 24.1. The molecule has 2 aliphatic carbocycles. The highest BCUT2D eigenvalue weighted by Crippen LogP contribution is 2.42. The first-order chi connectivity index (χ1) is 22.9. The van der Waals surface area contributed by atoms with E-state index in [2.05, 4.69) is 21.6 Å². The molecule has 1 saturated carbocycles. The molecule has 4 fully saturated rings. The summed E-state index contributed by atoms with van der Waals surface area (Å²) < 4.78 is 44.2. The van der Waals surface area contributed by atoms with Crippen LogP contribution in [0.25, 0.3) is 0 Å². The molecular weight excluding hydrogens is 627 g/mol. The second-order valence-corrected chi connectivity index (χ2v) is 14.7. The topological polar surface area (TPSA) is 104 Å². The molecule has 0 radical (unpaired) electrons. The summed E-state index contributed by atoms with van der Waals surface area (Å²) in [5, 5.41) is 7.12. The van der Waals surface area contributed by atoms with E-state index in [-0.39, 0.29) is 17.6 Å². The Kier molecular flexibility index (Phi) is 12.1. The summed E-state index contributed by atoms with van der Waals surface area (Å²) in [4.78, 5) is 42.5. The van der Waals surface area contributed by atoms with Crippen molar-refractivity contribution in [3.05, 3.63) is 22.6 Å². The van der Waals surface area contributed by atoms with Crippen LogP contribution < -0.4 is 0 Å². The van der Waals surface area contributed by atoms with Crippen LogP contribution in [0, 0.1) is 18.8 Å². The van der Waals surface area contributed by atoms with Gasteiger partial charge < -0.3 is 24.1 Å². The predicted octanol–water partition coefficient (Wildman–Crippen LogP) is 7.38. The number of aliphatic carboxylic acids is 1. The molecule has 1 aromatic heterocycles. The van der Waals surface area contributed by atoms with Crippen molar-refractivity contribution in [2.24, 2.45) is 11.8 Å². The number of halogens is 3. The van der Waals surface area contributed by atoms with Crippen molar-refractivity contribution >= 4 is 18.0 Å². The third-order valence-corrected chi connectivity index (χ3v) is 11.6. The number of amides is 2. The third kappa shape index (κ3) is 8.51. The number of unbranched alkanes of at least 4 members (excludes halogenated alkanes) is 1. The minimum absolute atomic E-state index is 0.0553. The largest absolute Gasteiger partial charge is 0.490 e. The number of carbonyl (C=O) groups is 3. The number of ether oxygens (including phenoxy) is 1. The van der Waals surface area contributed by atoms with Crippen molar-refractivity contribution in [1.82, 2.24) is 14.7 Å². The molecule has 2 amide bonds. The van der Waals surface area contributed by atoms with Crippen molar-refractivity contribution in [2.75, 3.05) is 39.3 Å². The van der Waals surface area contributed by atoms with Gasteiger partial charge in [-0.1, -0.05) is 39.0 Å². The van der Waals surface area contributed by atoms with Crippen molar-refractivity contribution in [3.63, 3.8) is 0 Å². The zero-order valence-corrected chi connectivity index (χ0v) is 28.8. The van der Waals surface area contributed by atoms with E-state index >= 15 is 0 Å². The molecule has 1 unspecified atom stereocenters. The van der Waals surface area contributed by atoms with Gasteiger partial charge in [0.25, 0.3) is 5.91 Å². The molecule has 3 aliphatic heterocycles. The SMILES string of the molecule is CCCCC1CN(CC2CCCCC2)C(=O)OC12CCN(C1CCN(C(=O)c3c(C)oc4c3CCCC4)CC1)CC2.O=C(O)C(F)(F)F. The predicted molar refractivity (Wildman–Crippen MR) is 174 cm³/mol. The van der Waals surface area contributed by atoms with E-state index in [1.807, 2.05) is 6.92 Å². The number of carbonyl (C=O) groups excluding carboxylic acids is 2. The Morgan fingerprint density at radius 3 is 2.23 bits per heavy atom. The Morgan fingerprint density at radius 2 is 1.60 bits per heavy atom. The maximum absolute atomic E-state index is 13.5. The van der Waals surface area contributed by atoms with E-state index in [9.17, 15) is 22.8 Å². The summed E-state index contributed by atoms with van der Waals surface area (Å²) in [6.07, 6.45) is 13.1. The maximum atomic E-state index is 13.5. The molecule has 4 heterocycles. The molecule has 1 N–H and O–H groups in total. The molecule has 1 atom stereocenters. The number of piperidine rings is 2. The molecule has 12 heteroatoms. The maximum Gasteiger partial charge on any atom is 0.490 e. The van der Waals surface area contributed by atoms with Gasteiger partial charge in [-0.3, -0.25) is 9.69 Å². The third-order valence-electron chi connectivity index (χ3n) is 11.6. The first kappa shape index (κ1) is 36.5. The van der Waals surface area contributed by atoms with Gasteiger partial charge in [0.1, 0.15) is 17.1 Å². The van der Waals surface area contributed by atoms with Gasteiger partial charge in [0.05, 0.1) is 5.56 Å². The molecular formula is C36H54F3N3O6. The number of rotatable bonds is 7. The quantitative estimate of drug-likeness (QED) is 0.320. The zero-order valence-electron chi connectivity index (χ0n) is 28.8. The second-order valence-electron chi connectivity index (χ2n) is 14.7. The van der Waals surface area contributed by atoms with Crippen LogP contribution in [0.4, 0.5) is 18.0 Å². The molecule has 9 nitrogen and oxygen atoms in total. The number of likely N-dealkylation sites (tertiary alicyclic amines) is 2. The van der Waals surface area contributed by atoms with Gasteiger partial charge in [-0.05, 0) is 64.2 Å². The Balaban J connectivity index is 0.000000582. The molecule has 1 aromatic rings. The van der Waals surface area contributed by atoms with Gasteiger partial charge in [0, 0.05) is 76.1 Å². The fourth-order valence-electron chi connectivity index (χ4n) is 8.82. The first-order valence-electron chi connectivity index (χ1n) is 18.3. The molecule has 1 spiro atoms. The minimum Gasteiger partial charge on any atom is -0.475 e. The number of carboxylic acid groups (broad SMARTS) is 1. The van der Waals surface area contributed by atoms with E-state index in [1.54, 1.807) is 0 Å². The Morgan fingerprint density at radius 1 is 0.958 bits per heavy atom. The summed E-state index contributed by atoms with van der Waals surface area (Å²) in [5.74, 6) is 0.368. The number of hydrogen-bond donors (Lipinski definition) is 1. The lowest BCUT2D eigenvalue weighted by atomic mass is 9.75. The number of hydrogen-bond acceptors (Lipinski definition) is 6. The summed E-state index contributed by atoms with van der Waals surface area (Å²) in [6, 6.07) is 0.506. The zero-order chi connectivity index (χ0) is 34.5. The number of aryl methyl sites for hydroxylation is 2. The minimum atomic E-state index is -5.08. The Bertz CT molecular complexity index is 1260. The van der Waals surface area contributed by atoms with E-state index in [1.165, 1.54) is 50.5 Å². The summed E-state index contributed by atoms with van der Waals surface area (Å²) in [7, 11) is 0. The lowest BCUT2D eigenvalue weighted by Gasteiger charge is -2.52. The molecule has 3 saturated heterocycles. The summed E-state index contributed by atoms with van der Waals surface area (Å²) >= 11 is 0. The van der Waals surface area contributed by atoms with E-state index in [0.29, 0.717) is 17.9 Å². The van der Waals surface area contributed by atoms with Gasteiger partial charge in [-0.25, -0.2) is 9.59 Å². The van der Waals surface area contributed by atoms with Gasteiger partial charge in [0.2, 0.25) is 0 Å². The van der Waals surface area contributed by atoms with Crippen molar-refractivity contribution in [2.45, 2.75) is 134 Å². The molecule has 48 heavy (non-hydrogen) atoms. The van der Waals surface area contributed by atoms with Crippen LogP contribution in [0.2, 0.25) is 0 Å². The van der Waals surface area contributed by atoms with Crippen LogP contribution in [0.1, 0.15) is 124 Å². The van der Waals surface area contributed by atoms with Crippen LogP contribution >= 0.6 is 0 Å². The van der Waals surface area contributed by atoms with E-state index < -0.39 is 12.1 Å². The Labute approximate surface area is 282 Å². The fraction of sp³-hybridized carbons (Fsp3) is 0.806. The molecule has 5 aliphatic rings. The summed E-state index contributed by atoms with van der Waals surface area (Å²) in [6.45, 7) is 9.61. The van der Waals surface area contributed by atoms with Crippen LogP contribution in [0.15, 0.2) is 4.42 Å². The highest BCUT2D eigenvalue weighted by molar-refractivity contribution is 5.97. The first-order valence-corrected chi connectivity index (χ1v) is 18.3. The van der Waals surface area contributed by atoms with Gasteiger partial charge in [-0.15, -0.1) is 0 Å². The lowest BCUT2D eigenvalue weighted by molar-refractivity contribution is -0.192. The standard InChI is InChI=1S/C34H53N3O4.C2HF3O2/c1-3-4-12-27-24-37(23-26-10-6-5-7-11-26)33(39)41-34(27)17-21-35(22-18-34)28-15-19-36(20-16-28)32(38)31-25(2)40-30-14-9-8-13-29(30)31;3-2(4,5)1(6)7/h26-28H,3-24H2,1-2H3;(H,6,7).